The van der Waals surface area contributed by atoms with E-state index >= 15 is 0 Å². The monoisotopic (exact) mass is 137 g/mol. The third kappa shape index (κ3) is 2.41. The molecule has 1 aliphatic rings. The molecular weight excluding hydrogens is 124 g/mol. The molecule has 0 amide bonds. The molecule has 0 spiro atoms. The van der Waals surface area contributed by atoms with Gasteiger partial charge in [0.2, 0.25) is 0 Å². The van der Waals surface area contributed by atoms with Gasteiger partial charge in [-0.2, -0.15) is 0 Å². The first-order chi connectivity index (χ1) is 4.93. The first-order valence-electron chi connectivity index (χ1n) is 3.94. The van der Waals surface area contributed by atoms with Crippen molar-refractivity contribution in [2.45, 2.75) is 38.2 Å². The van der Waals surface area contributed by atoms with E-state index in [9.17, 15) is 0 Å². The molecule has 1 rings (SSSR count). The van der Waals surface area contributed by atoms with Crippen LogP contribution in [0.4, 0.5) is 0 Å². The Labute approximate surface area is 62.8 Å². The van der Waals surface area contributed by atoms with Crippen molar-refractivity contribution in [3.05, 3.63) is 6.42 Å². The number of hydrogen-bond acceptors (Lipinski definition) is 1. The Morgan fingerprint density at radius 1 is 1.50 bits per heavy atom. The van der Waals surface area contributed by atoms with Gasteiger partial charge in [-0.15, -0.1) is 0 Å². The normalized spacial score (nSPS) is 23.3. The van der Waals surface area contributed by atoms with Gasteiger partial charge in [-0.25, -0.2) is 0 Å². The van der Waals surface area contributed by atoms with Crippen LogP contribution in [0.1, 0.15) is 32.1 Å². The van der Waals surface area contributed by atoms with Crippen LogP contribution in [-0.2, 0) is 4.74 Å². The van der Waals surface area contributed by atoms with Crippen LogP contribution in [-0.4, -0.2) is 12.7 Å². The molecule has 1 nitrogen and oxygen atoms in total. The average Bonchev–Trinajstić information content (AvgIpc) is 1.84. The van der Waals surface area contributed by atoms with E-state index in [0.717, 1.165) is 19.4 Å². The summed E-state index contributed by atoms with van der Waals surface area (Å²) in [7, 11) is 0. The third-order valence-corrected chi connectivity index (χ3v) is 1.87. The van der Waals surface area contributed by atoms with E-state index in [1.165, 1.54) is 19.3 Å². The summed E-state index contributed by atoms with van der Waals surface area (Å²) < 4.78 is 5.24. The maximum atomic E-state index is 6.67. The topological polar surface area (TPSA) is 9.23 Å². The Morgan fingerprint density at radius 3 is 2.80 bits per heavy atom. The summed E-state index contributed by atoms with van der Waals surface area (Å²) in [6, 6.07) is 0. The molecule has 0 aromatic carbocycles. The molecule has 0 N–H and O–H groups in total. The summed E-state index contributed by atoms with van der Waals surface area (Å²) >= 11 is 0. The number of hydrogen-bond donors (Lipinski definition) is 0. The van der Waals surface area contributed by atoms with Crippen molar-refractivity contribution < 1.29 is 4.74 Å². The molecule has 1 heteroatoms. The van der Waals surface area contributed by atoms with Gasteiger partial charge in [-0.1, -0.05) is 5.92 Å². The van der Waals surface area contributed by atoms with Gasteiger partial charge in [0.05, 0.1) is 6.10 Å². The maximum Gasteiger partial charge on any atom is 0.0597 e. The van der Waals surface area contributed by atoms with Gasteiger partial charge >= 0.3 is 0 Å². The van der Waals surface area contributed by atoms with Gasteiger partial charge < -0.3 is 4.74 Å². The van der Waals surface area contributed by atoms with Crippen molar-refractivity contribution in [3.63, 3.8) is 0 Å². The highest BCUT2D eigenvalue weighted by Crippen LogP contribution is 2.17. The second-order valence-corrected chi connectivity index (χ2v) is 2.70. The van der Waals surface area contributed by atoms with Gasteiger partial charge in [0.1, 0.15) is 0 Å². The lowest BCUT2D eigenvalue weighted by Crippen LogP contribution is -2.26. The smallest absolute Gasteiger partial charge is 0.0597 e. The number of unbranched alkanes of at least 4 members (excludes halogenated alkanes) is 2. The molecule has 0 aromatic heterocycles. The molecule has 0 saturated carbocycles. The molecule has 1 aliphatic heterocycles. The molecule has 1 fully saturated rings. The second kappa shape index (κ2) is 4.35. The lowest BCUT2D eigenvalue weighted by molar-refractivity contribution is -0.0554. The SMILES string of the molecule is [C]#CCCCCC1CCO1. The minimum absolute atomic E-state index is 0.547. The van der Waals surface area contributed by atoms with Crippen molar-refractivity contribution in [2.24, 2.45) is 0 Å². The second-order valence-electron chi connectivity index (χ2n) is 2.70. The summed E-state index contributed by atoms with van der Waals surface area (Å²) in [5, 5.41) is 0. The highest BCUT2D eigenvalue weighted by molar-refractivity contribution is 4.75. The lowest BCUT2D eigenvalue weighted by atomic mass is 10.1. The van der Waals surface area contributed by atoms with Crippen molar-refractivity contribution in [1.29, 1.82) is 0 Å². The Morgan fingerprint density at radius 2 is 2.30 bits per heavy atom. The molecule has 55 valence electrons. The Hall–Kier alpha value is -0.480. The standard InChI is InChI=1S/C9H13O/c1-2-3-4-5-6-9-7-8-10-9/h9H,3-8H2. The number of ether oxygens (including phenoxy) is 1. The number of rotatable bonds is 4. The van der Waals surface area contributed by atoms with Gasteiger partial charge in [-0.3, -0.25) is 0 Å². The van der Waals surface area contributed by atoms with E-state index in [0.29, 0.717) is 6.10 Å². The minimum Gasteiger partial charge on any atom is -0.378 e. The van der Waals surface area contributed by atoms with Crippen LogP contribution in [0.15, 0.2) is 0 Å². The van der Waals surface area contributed by atoms with Crippen LogP contribution in [0, 0.1) is 12.3 Å². The van der Waals surface area contributed by atoms with E-state index in [-0.39, 0.29) is 0 Å². The molecule has 1 unspecified atom stereocenters. The molecule has 10 heavy (non-hydrogen) atoms. The maximum absolute atomic E-state index is 6.67. The van der Waals surface area contributed by atoms with Crippen LogP contribution < -0.4 is 0 Å². The fraction of sp³-hybridized carbons (Fsp3) is 0.778. The highest BCUT2D eigenvalue weighted by atomic mass is 16.5. The summed E-state index contributed by atoms with van der Waals surface area (Å²) in [5.74, 6) is 2.39. The van der Waals surface area contributed by atoms with Crippen molar-refractivity contribution in [2.75, 3.05) is 6.61 Å². The minimum atomic E-state index is 0.547. The molecule has 1 atom stereocenters. The fourth-order valence-corrected chi connectivity index (χ4v) is 1.10. The van der Waals surface area contributed by atoms with Crippen molar-refractivity contribution in [1.82, 2.24) is 0 Å². The van der Waals surface area contributed by atoms with Gasteiger partial charge in [0.25, 0.3) is 0 Å². The average molecular weight is 137 g/mol. The van der Waals surface area contributed by atoms with Crippen LogP contribution in [0.2, 0.25) is 0 Å². The van der Waals surface area contributed by atoms with Crippen LogP contribution >= 0.6 is 0 Å². The Balaban J connectivity index is 1.81. The van der Waals surface area contributed by atoms with E-state index in [2.05, 4.69) is 5.92 Å². The molecule has 1 radical (unpaired) electrons. The third-order valence-electron chi connectivity index (χ3n) is 1.87. The summed E-state index contributed by atoms with van der Waals surface area (Å²) in [5.41, 5.74) is 0. The van der Waals surface area contributed by atoms with Gasteiger partial charge in [-0.05, 0) is 32.1 Å². The van der Waals surface area contributed by atoms with Crippen LogP contribution in [0.25, 0.3) is 0 Å². The molecular formula is C9H13O. The first-order valence-corrected chi connectivity index (χ1v) is 3.94. The highest BCUT2D eigenvalue weighted by Gasteiger charge is 2.16. The summed E-state index contributed by atoms with van der Waals surface area (Å²) in [6.45, 7) is 0.960. The van der Waals surface area contributed by atoms with Crippen molar-refractivity contribution in [3.8, 4) is 5.92 Å². The van der Waals surface area contributed by atoms with Crippen LogP contribution in [0.3, 0.4) is 0 Å². The zero-order valence-electron chi connectivity index (χ0n) is 6.23. The van der Waals surface area contributed by atoms with Crippen LogP contribution in [0.5, 0.6) is 0 Å². The van der Waals surface area contributed by atoms with Crippen molar-refractivity contribution >= 4 is 0 Å². The fourth-order valence-electron chi connectivity index (χ4n) is 1.10. The van der Waals surface area contributed by atoms with Gasteiger partial charge in [0.15, 0.2) is 0 Å². The van der Waals surface area contributed by atoms with E-state index < -0.39 is 0 Å². The predicted molar refractivity (Wildman–Crippen MR) is 40.0 cm³/mol. The van der Waals surface area contributed by atoms with E-state index in [1.807, 2.05) is 0 Å². The first kappa shape index (κ1) is 7.63. The summed E-state index contributed by atoms with van der Waals surface area (Å²) in [4.78, 5) is 0. The molecule has 0 aliphatic carbocycles. The van der Waals surface area contributed by atoms with E-state index in [1.54, 1.807) is 0 Å². The summed E-state index contributed by atoms with van der Waals surface area (Å²) in [6.07, 6.45) is 12.7. The molecule has 0 aromatic rings. The van der Waals surface area contributed by atoms with E-state index in [4.69, 9.17) is 11.2 Å². The Bertz CT molecular complexity index is 119. The van der Waals surface area contributed by atoms with Gasteiger partial charge in [0, 0.05) is 13.0 Å². The molecule has 1 saturated heterocycles. The molecule has 1 heterocycles. The predicted octanol–water partition coefficient (Wildman–Crippen LogP) is 1.93. The zero-order valence-corrected chi connectivity index (χ0v) is 6.23. The largest absolute Gasteiger partial charge is 0.378 e. The molecule has 0 bridgehead atoms. The zero-order chi connectivity index (χ0) is 7.23. The Kier molecular flexibility index (Phi) is 3.32. The quantitative estimate of drug-likeness (QED) is 0.425. The lowest BCUT2D eigenvalue weighted by Gasteiger charge is -2.26.